The van der Waals surface area contributed by atoms with Crippen LogP contribution in [-0.2, 0) is 12.3 Å². The molecule has 7 heteroatoms. The quantitative estimate of drug-likeness (QED) is 0.697. The van der Waals surface area contributed by atoms with Gasteiger partial charge in [-0.05, 0) is 25.6 Å². The van der Waals surface area contributed by atoms with E-state index in [0.717, 1.165) is 5.92 Å². The van der Waals surface area contributed by atoms with Crippen LogP contribution >= 0.6 is 0 Å². The molecule has 0 radical (unpaired) electrons. The van der Waals surface area contributed by atoms with Gasteiger partial charge in [-0.25, -0.2) is 0 Å². The molecule has 1 aliphatic rings. The first-order valence-corrected chi connectivity index (χ1v) is 15.2. The predicted molar refractivity (Wildman–Crippen MR) is 90.1 cm³/mol. The summed E-state index contributed by atoms with van der Waals surface area (Å²) in [7, 11) is -3.73. The van der Waals surface area contributed by atoms with E-state index in [1.54, 1.807) is 0 Å². The first kappa shape index (κ1) is 18.5. The molecule has 3 nitrogen and oxygen atoms in total. The molecular formula is C11H30O3Si4. The van der Waals surface area contributed by atoms with Crippen molar-refractivity contribution in [2.45, 2.75) is 58.8 Å². The summed E-state index contributed by atoms with van der Waals surface area (Å²) in [4.78, 5) is 0. The van der Waals surface area contributed by atoms with Crippen molar-refractivity contribution in [3.8, 4) is 0 Å². The molecule has 0 bridgehead atoms. The van der Waals surface area contributed by atoms with Gasteiger partial charge in [0.05, 0.1) is 0 Å². The monoisotopic (exact) mass is 322 g/mol. The molecule has 0 spiro atoms. The number of hydrogen-bond donors (Lipinski definition) is 0. The van der Waals surface area contributed by atoms with Crippen LogP contribution < -0.4 is 0 Å². The van der Waals surface area contributed by atoms with E-state index >= 15 is 0 Å². The second-order valence-electron chi connectivity index (χ2n) is 5.21. The molecule has 1 rings (SSSR count). The third kappa shape index (κ3) is 10.4. The molecule has 1 aliphatic carbocycles. The lowest BCUT2D eigenvalue weighted by molar-refractivity contribution is 0.371. The van der Waals surface area contributed by atoms with Gasteiger partial charge in [0.2, 0.25) is 0 Å². The Balaban J connectivity index is 0.000000397. The molecule has 1 saturated carbocycles. The lowest BCUT2D eigenvalue weighted by Gasteiger charge is -2.26. The minimum absolute atomic E-state index is 0.130. The van der Waals surface area contributed by atoms with E-state index in [4.69, 9.17) is 12.3 Å². The maximum Gasteiger partial charge on any atom is 0.355 e. The Bertz CT molecular complexity index is 220. The zero-order valence-corrected chi connectivity index (χ0v) is 17.4. The first-order chi connectivity index (χ1) is 8.41. The van der Waals surface area contributed by atoms with Crippen LogP contribution in [-0.4, -0.2) is 43.2 Å². The van der Waals surface area contributed by atoms with Crippen LogP contribution in [0.3, 0.4) is 0 Å². The smallest absolute Gasteiger partial charge is 0.355 e. The Kier molecular flexibility index (Phi) is 10.5. The van der Waals surface area contributed by atoms with Crippen LogP contribution in [0.5, 0.6) is 0 Å². The first-order valence-electron chi connectivity index (χ1n) is 6.99. The van der Waals surface area contributed by atoms with Gasteiger partial charge in [0.25, 0.3) is 0 Å². The standard InChI is InChI=1S/C6H12.C5H18O3Si4/c1-6-4-2-3-5-6;1-9-6-11(3)8-12(4,5)7-10-2/h6H,2-5H2,1H3;9,11H,1,10H2,2-5H3. The highest BCUT2D eigenvalue weighted by Crippen LogP contribution is 2.22. The Morgan fingerprint density at radius 3 is 2.22 bits per heavy atom. The van der Waals surface area contributed by atoms with Gasteiger partial charge in [0.1, 0.15) is 9.76 Å². The Labute approximate surface area is 120 Å². The maximum atomic E-state index is 5.77. The Morgan fingerprint density at radius 1 is 1.33 bits per heavy atom. The highest BCUT2D eigenvalue weighted by molar-refractivity contribution is 6.75. The third-order valence-electron chi connectivity index (χ3n) is 2.87. The van der Waals surface area contributed by atoms with Crippen molar-refractivity contribution in [2.24, 2.45) is 5.92 Å². The summed E-state index contributed by atoms with van der Waals surface area (Å²) in [5.41, 5.74) is 0. The van der Waals surface area contributed by atoms with Crippen molar-refractivity contribution >= 4 is 43.2 Å². The molecular weight excluding hydrogens is 292 g/mol. The largest absolute Gasteiger partial charge is 0.591 e. The zero-order chi connectivity index (χ0) is 14.0. The van der Waals surface area contributed by atoms with Gasteiger partial charge in [-0.2, -0.15) is 0 Å². The average molecular weight is 323 g/mol. The van der Waals surface area contributed by atoms with E-state index in [2.05, 4.69) is 32.7 Å². The molecule has 0 aromatic heterocycles. The van der Waals surface area contributed by atoms with Crippen LogP contribution in [0.2, 0.25) is 26.2 Å². The minimum atomic E-state index is -1.82. The molecule has 1 atom stereocenters. The van der Waals surface area contributed by atoms with Crippen LogP contribution in [0.4, 0.5) is 0 Å². The second kappa shape index (κ2) is 10.3. The molecule has 1 unspecified atom stereocenters. The topological polar surface area (TPSA) is 27.7 Å². The van der Waals surface area contributed by atoms with Gasteiger partial charge in [-0.1, -0.05) is 45.3 Å². The van der Waals surface area contributed by atoms with Gasteiger partial charge in [-0.15, -0.1) is 0 Å². The molecule has 0 saturated heterocycles. The SMILES string of the molecule is C=[SiH]O[SiH](C)O[Si](C)(C)O[SiH2]C.CC1CCCC1. The highest BCUT2D eigenvalue weighted by atomic mass is 28.5. The van der Waals surface area contributed by atoms with Gasteiger partial charge >= 0.3 is 17.8 Å². The van der Waals surface area contributed by atoms with Crippen LogP contribution in [0.25, 0.3) is 0 Å². The molecule has 0 aliphatic heterocycles. The van der Waals surface area contributed by atoms with Crippen LogP contribution in [0.1, 0.15) is 32.6 Å². The fourth-order valence-electron chi connectivity index (χ4n) is 2.07. The van der Waals surface area contributed by atoms with E-state index in [0.29, 0.717) is 0 Å². The molecule has 0 amide bonds. The van der Waals surface area contributed by atoms with Gasteiger partial charge in [-0.3, -0.25) is 0 Å². The number of hydrogen-bond acceptors (Lipinski definition) is 3. The summed E-state index contributed by atoms with van der Waals surface area (Å²) in [6, 6.07) is 0. The number of rotatable bonds is 6. The molecule has 0 heterocycles. The third-order valence-corrected chi connectivity index (χ3v) is 12.7. The fourth-order valence-corrected chi connectivity index (χ4v) is 10.7. The fraction of sp³-hybridized carbons (Fsp3) is 0.909. The van der Waals surface area contributed by atoms with Crippen LogP contribution in [0, 0.1) is 5.92 Å². The summed E-state index contributed by atoms with van der Waals surface area (Å²) in [6.45, 7) is 10.7. The molecule has 0 aromatic carbocycles. The molecule has 108 valence electrons. The maximum absolute atomic E-state index is 5.77. The second-order valence-corrected chi connectivity index (χ2v) is 13.2. The van der Waals surface area contributed by atoms with E-state index in [-0.39, 0.29) is 19.1 Å². The van der Waals surface area contributed by atoms with Crippen molar-refractivity contribution in [3.05, 3.63) is 0 Å². The summed E-state index contributed by atoms with van der Waals surface area (Å²) < 4.78 is 16.8. The highest BCUT2D eigenvalue weighted by Gasteiger charge is 2.26. The molecule has 0 N–H and O–H groups in total. The van der Waals surface area contributed by atoms with Crippen molar-refractivity contribution < 1.29 is 12.3 Å². The van der Waals surface area contributed by atoms with Crippen molar-refractivity contribution in [1.29, 1.82) is 0 Å². The van der Waals surface area contributed by atoms with Crippen LogP contribution in [0.15, 0.2) is 0 Å². The van der Waals surface area contributed by atoms with Crippen molar-refractivity contribution in [3.63, 3.8) is 0 Å². The molecule has 1 fully saturated rings. The van der Waals surface area contributed by atoms with Crippen molar-refractivity contribution in [1.82, 2.24) is 0 Å². The zero-order valence-electron chi connectivity index (χ0n) is 12.7. The lowest BCUT2D eigenvalue weighted by atomic mass is 10.2. The summed E-state index contributed by atoms with van der Waals surface area (Å²) in [6.07, 6.45) is 9.65. The Hall–Kier alpha value is 0.458. The van der Waals surface area contributed by atoms with E-state index < -0.39 is 17.8 Å². The van der Waals surface area contributed by atoms with E-state index in [9.17, 15) is 0 Å². The van der Waals surface area contributed by atoms with Gasteiger partial charge in [0, 0.05) is 0 Å². The van der Waals surface area contributed by atoms with Crippen molar-refractivity contribution in [2.75, 3.05) is 0 Å². The summed E-state index contributed by atoms with van der Waals surface area (Å²) in [5, 5.41) is 0. The predicted octanol–water partition coefficient (Wildman–Crippen LogP) is 1.70. The van der Waals surface area contributed by atoms with Gasteiger partial charge in [0.15, 0.2) is 9.38 Å². The average Bonchev–Trinajstić information content (AvgIpc) is 2.69. The summed E-state index contributed by atoms with van der Waals surface area (Å²) in [5.74, 6) is 1.05. The van der Waals surface area contributed by atoms with E-state index in [1.165, 1.54) is 25.7 Å². The normalized spacial score (nSPS) is 18.5. The lowest BCUT2D eigenvalue weighted by Crippen LogP contribution is -2.41. The Morgan fingerprint density at radius 2 is 1.89 bits per heavy atom. The molecule has 18 heavy (non-hydrogen) atoms. The summed E-state index contributed by atoms with van der Waals surface area (Å²) >= 11 is 0. The minimum Gasteiger partial charge on any atom is -0.591 e. The molecule has 0 aromatic rings. The van der Waals surface area contributed by atoms with Gasteiger partial charge < -0.3 is 12.3 Å². The van der Waals surface area contributed by atoms with E-state index in [1.807, 2.05) is 6.55 Å².